The molecule has 0 saturated carbocycles. The van der Waals surface area contributed by atoms with Gasteiger partial charge in [0.25, 0.3) is 5.91 Å². The number of nitrogens with one attached hydrogen (secondary N) is 1. The number of benzene rings is 2. The molecule has 0 aromatic heterocycles. The van der Waals surface area contributed by atoms with Crippen molar-refractivity contribution in [2.75, 3.05) is 20.8 Å². The van der Waals surface area contributed by atoms with Crippen LogP contribution in [0.4, 0.5) is 0 Å². The van der Waals surface area contributed by atoms with Crippen molar-refractivity contribution < 1.29 is 19.0 Å². The van der Waals surface area contributed by atoms with Crippen molar-refractivity contribution in [1.29, 1.82) is 0 Å². The topological polar surface area (TPSA) is 56.8 Å². The van der Waals surface area contributed by atoms with Crippen molar-refractivity contribution in [3.05, 3.63) is 53.1 Å². The maximum Gasteiger partial charge on any atom is 0.258 e. The number of hydrogen-bond acceptors (Lipinski definition) is 4. The van der Waals surface area contributed by atoms with Gasteiger partial charge in [-0.2, -0.15) is 0 Å². The van der Waals surface area contributed by atoms with Crippen LogP contribution in [0.1, 0.15) is 48.9 Å². The molecule has 0 unspecified atom stereocenters. The molecule has 1 aliphatic rings. The molecule has 0 spiro atoms. The van der Waals surface area contributed by atoms with Crippen LogP contribution in [0.15, 0.2) is 36.4 Å². The predicted octanol–water partition coefficient (Wildman–Crippen LogP) is 4.23. The summed E-state index contributed by atoms with van der Waals surface area (Å²) in [6.07, 6.45) is 5.28. The molecule has 5 nitrogen and oxygen atoms in total. The molecule has 0 aliphatic heterocycles. The molecule has 28 heavy (non-hydrogen) atoms. The zero-order chi connectivity index (χ0) is 19.9. The standard InChI is InChI=1S/C23H29NO4/c1-4-19(17-12-13-21(26-2)22(14-17)27-3)24-23(25)15-28-20-11-7-9-16-8-5-6-10-18(16)20/h7,9,11-14,19H,4-6,8,10,15H2,1-3H3,(H,24,25)/t19-/m0/s1. The number of rotatable bonds is 8. The lowest BCUT2D eigenvalue weighted by atomic mass is 9.91. The number of carbonyl (C=O) groups is 1. The Morgan fingerprint density at radius 1 is 1.04 bits per heavy atom. The van der Waals surface area contributed by atoms with Gasteiger partial charge in [0, 0.05) is 0 Å². The Morgan fingerprint density at radius 3 is 2.57 bits per heavy atom. The summed E-state index contributed by atoms with van der Waals surface area (Å²) in [4.78, 5) is 12.5. The zero-order valence-electron chi connectivity index (χ0n) is 16.9. The first-order valence-corrected chi connectivity index (χ1v) is 9.91. The lowest BCUT2D eigenvalue weighted by molar-refractivity contribution is -0.123. The normalized spacial score (nSPS) is 14.0. The second-order valence-electron chi connectivity index (χ2n) is 7.03. The minimum atomic E-state index is -0.130. The SMILES string of the molecule is CC[C@H](NC(=O)COc1cccc2c1CCCC2)c1ccc(OC)c(OC)c1. The van der Waals surface area contributed by atoms with E-state index >= 15 is 0 Å². The van der Waals surface area contributed by atoms with Crippen LogP contribution >= 0.6 is 0 Å². The predicted molar refractivity (Wildman–Crippen MR) is 109 cm³/mol. The van der Waals surface area contributed by atoms with Gasteiger partial charge in [0.2, 0.25) is 0 Å². The van der Waals surface area contributed by atoms with Crippen LogP contribution in [-0.4, -0.2) is 26.7 Å². The lowest BCUT2D eigenvalue weighted by Gasteiger charge is -2.21. The fraction of sp³-hybridized carbons (Fsp3) is 0.435. The minimum absolute atomic E-state index is 0.0141. The molecule has 3 rings (SSSR count). The van der Waals surface area contributed by atoms with Crippen LogP contribution in [0, 0.1) is 0 Å². The molecule has 0 heterocycles. The molecule has 150 valence electrons. The number of amides is 1. The van der Waals surface area contributed by atoms with Crippen LogP contribution in [0.25, 0.3) is 0 Å². The highest BCUT2D eigenvalue weighted by Gasteiger charge is 2.17. The summed E-state index contributed by atoms with van der Waals surface area (Å²) in [6, 6.07) is 11.7. The summed E-state index contributed by atoms with van der Waals surface area (Å²) in [7, 11) is 3.21. The Balaban J connectivity index is 1.64. The second kappa shape index (κ2) is 9.49. The highest BCUT2D eigenvalue weighted by molar-refractivity contribution is 5.78. The van der Waals surface area contributed by atoms with E-state index in [9.17, 15) is 4.79 Å². The van der Waals surface area contributed by atoms with E-state index in [2.05, 4.69) is 11.4 Å². The first-order chi connectivity index (χ1) is 13.7. The summed E-state index contributed by atoms with van der Waals surface area (Å²) < 4.78 is 16.5. The number of hydrogen-bond donors (Lipinski definition) is 1. The van der Waals surface area contributed by atoms with Gasteiger partial charge in [-0.3, -0.25) is 4.79 Å². The van der Waals surface area contributed by atoms with Crippen molar-refractivity contribution >= 4 is 5.91 Å². The number of aryl methyl sites for hydroxylation is 1. The molecular weight excluding hydrogens is 354 g/mol. The first-order valence-electron chi connectivity index (χ1n) is 9.91. The molecule has 5 heteroatoms. The summed E-state index contributed by atoms with van der Waals surface area (Å²) in [5.74, 6) is 2.03. The molecule has 2 aromatic carbocycles. The van der Waals surface area contributed by atoms with E-state index in [0.29, 0.717) is 11.5 Å². The molecule has 1 atom stereocenters. The Hall–Kier alpha value is -2.69. The molecular formula is C23H29NO4. The summed E-state index contributed by atoms with van der Waals surface area (Å²) >= 11 is 0. The van der Waals surface area contributed by atoms with E-state index in [1.165, 1.54) is 24.0 Å². The Bertz CT molecular complexity index is 818. The highest BCUT2D eigenvalue weighted by Crippen LogP contribution is 2.31. The van der Waals surface area contributed by atoms with Crippen molar-refractivity contribution in [2.24, 2.45) is 0 Å². The summed E-state index contributed by atoms with van der Waals surface area (Å²) in [6.45, 7) is 2.05. The molecule has 0 fully saturated rings. The fourth-order valence-corrected chi connectivity index (χ4v) is 3.75. The van der Waals surface area contributed by atoms with Crippen molar-refractivity contribution in [3.8, 4) is 17.2 Å². The molecule has 1 N–H and O–H groups in total. The first kappa shape index (κ1) is 20.1. The zero-order valence-corrected chi connectivity index (χ0v) is 16.9. The van der Waals surface area contributed by atoms with Gasteiger partial charge in [-0.1, -0.05) is 25.1 Å². The highest BCUT2D eigenvalue weighted by atomic mass is 16.5. The number of methoxy groups -OCH3 is 2. The van der Waals surface area contributed by atoms with Gasteiger partial charge in [0.15, 0.2) is 18.1 Å². The van der Waals surface area contributed by atoms with E-state index in [-0.39, 0.29) is 18.6 Å². The van der Waals surface area contributed by atoms with E-state index < -0.39 is 0 Å². The van der Waals surface area contributed by atoms with E-state index in [1.807, 2.05) is 37.3 Å². The van der Waals surface area contributed by atoms with Crippen LogP contribution in [0.2, 0.25) is 0 Å². The second-order valence-corrected chi connectivity index (χ2v) is 7.03. The Labute approximate surface area is 167 Å². The monoisotopic (exact) mass is 383 g/mol. The van der Waals surface area contributed by atoms with Gasteiger partial charge in [-0.15, -0.1) is 0 Å². The van der Waals surface area contributed by atoms with Crippen LogP contribution < -0.4 is 19.5 Å². The molecule has 2 aromatic rings. The third-order valence-corrected chi connectivity index (χ3v) is 5.27. The van der Waals surface area contributed by atoms with Crippen molar-refractivity contribution in [1.82, 2.24) is 5.32 Å². The number of carbonyl (C=O) groups excluding carboxylic acids is 1. The lowest BCUT2D eigenvalue weighted by Crippen LogP contribution is -2.32. The molecule has 1 aliphatic carbocycles. The number of ether oxygens (including phenoxy) is 3. The van der Waals surface area contributed by atoms with Gasteiger partial charge >= 0.3 is 0 Å². The Kier molecular flexibility index (Phi) is 6.80. The number of fused-ring (bicyclic) bond motifs is 1. The minimum Gasteiger partial charge on any atom is -0.493 e. The third-order valence-electron chi connectivity index (χ3n) is 5.27. The molecule has 0 saturated heterocycles. The molecule has 0 bridgehead atoms. The van der Waals surface area contributed by atoms with Gasteiger partial charge in [-0.05, 0) is 67.0 Å². The fourth-order valence-electron chi connectivity index (χ4n) is 3.75. The van der Waals surface area contributed by atoms with Gasteiger partial charge in [0.05, 0.1) is 20.3 Å². The van der Waals surface area contributed by atoms with Gasteiger partial charge in [0.1, 0.15) is 5.75 Å². The largest absolute Gasteiger partial charge is 0.493 e. The van der Waals surface area contributed by atoms with E-state index in [0.717, 1.165) is 30.6 Å². The Morgan fingerprint density at radius 2 is 1.82 bits per heavy atom. The van der Waals surface area contributed by atoms with Crippen molar-refractivity contribution in [2.45, 2.75) is 45.1 Å². The van der Waals surface area contributed by atoms with E-state index in [1.54, 1.807) is 14.2 Å². The molecule has 0 radical (unpaired) electrons. The maximum absolute atomic E-state index is 12.5. The average Bonchev–Trinajstić information content (AvgIpc) is 2.75. The molecule has 1 amide bonds. The van der Waals surface area contributed by atoms with Gasteiger partial charge in [-0.25, -0.2) is 0 Å². The quantitative estimate of drug-likeness (QED) is 0.741. The van der Waals surface area contributed by atoms with Crippen molar-refractivity contribution in [3.63, 3.8) is 0 Å². The van der Waals surface area contributed by atoms with Crippen LogP contribution in [0.5, 0.6) is 17.2 Å². The van der Waals surface area contributed by atoms with Crippen LogP contribution in [0.3, 0.4) is 0 Å². The van der Waals surface area contributed by atoms with E-state index in [4.69, 9.17) is 14.2 Å². The smallest absolute Gasteiger partial charge is 0.258 e. The average molecular weight is 383 g/mol. The summed E-state index contributed by atoms with van der Waals surface area (Å²) in [5, 5.41) is 3.06. The maximum atomic E-state index is 12.5. The third kappa shape index (κ3) is 4.58. The van der Waals surface area contributed by atoms with Gasteiger partial charge < -0.3 is 19.5 Å². The van der Waals surface area contributed by atoms with Crippen LogP contribution in [-0.2, 0) is 17.6 Å². The summed E-state index contributed by atoms with van der Waals surface area (Å²) in [5.41, 5.74) is 3.58.